The van der Waals surface area contributed by atoms with Gasteiger partial charge in [-0.2, -0.15) is 0 Å². The zero-order chi connectivity index (χ0) is 22.6. The average Bonchev–Trinajstić information content (AvgIpc) is 3.18. The van der Waals surface area contributed by atoms with E-state index < -0.39 is 0 Å². The van der Waals surface area contributed by atoms with Crippen molar-refractivity contribution >= 4 is 5.91 Å². The van der Waals surface area contributed by atoms with E-state index in [0.717, 1.165) is 75.6 Å². The van der Waals surface area contributed by atoms with Crippen LogP contribution in [0.15, 0.2) is 54.9 Å². The number of likely N-dealkylation sites (tertiary alicyclic amines) is 1. The number of benzene rings is 1. The molecule has 33 heavy (non-hydrogen) atoms. The summed E-state index contributed by atoms with van der Waals surface area (Å²) in [6.45, 7) is 5.01. The van der Waals surface area contributed by atoms with Crippen molar-refractivity contribution in [2.24, 2.45) is 0 Å². The van der Waals surface area contributed by atoms with Gasteiger partial charge < -0.3 is 14.2 Å². The molecule has 5 rings (SSSR count). The summed E-state index contributed by atoms with van der Waals surface area (Å²) in [5, 5.41) is 0. The van der Waals surface area contributed by atoms with Crippen molar-refractivity contribution in [3.05, 3.63) is 77.5 Å². The predicted molar refractivity (Wildman–Crippen MR) is 126 cm³/mol. The number of pyridine rings is 1. The maximum atomic E-state index is 13.4. The number of hydrogen-bond acceptors (Lipinski definition) is 5. The second-order valence-corrected chi connectivity index (χ2v) is 8.92. The second-order valence-electron chi connectivity index (χ2n) is 8.92. The molecule has 1 aromatic carbocycles. The van der Waals surface area contributed by atoms with Gasteiger partial charge in [0.1, 0.15) is 11.5 Å². The number of hydrogen-bond donors (Lipinski definition) is 0. The van der Waals surface area contributed by atoms with Gasteiger partial charge in [0.15, 0.2) is 0 Å². The van der Waals surface area contributed by atoms with Crippen molar-refractivity contribution in [2.45, 2.75) is 38.3 Å². The molecule has 7 nitrogen and oxygen atoms in total. The summed E-state index contributed by atoms with van der Waals surface area (Å²) in [6.07, 6.45) is 6.52. The Bertz CT molecular complexity index is 1070. The van der Waals surface area contributed by atoms with Crippen molar-refractivity contribution in [3.8, 4) is 5.88 Å². The number of rotatable bonds is 5. The molecular formula is C26H31N5O2. The van der Waals surface area contributed by atoms with Gasteiger partial charge in [-0.15, -0.1) is 0 Å². The first-order chi connectivity index (χ1) is 16.2. The number of imidazole rings is 1. The molecule has 172 valence electrons. The molecule has 1 amide bonds. The van der Waals surface area contributed by atoms with Gasteiger partial charge in [0.25, 0.3) is 5.91 Å². The van der Waals surface area contributed by atoms with Crippen molar-refractivity contribution in [1.82, 2.24) is 24.3 Å². The van der Waals surface area contributed by atoms with Crippen LogP contribution in [-0.2, 0) is 19.5 Å². The van der Waals surface area contributed by atoms with Crippen LogP contribution >= 0.6 is 0 Å². The monoisotopic (exact) mass is 445 g/mol. The molecule has 0 unspecified atom stereocenters. The Morgan fingerprint density at radius 3 is 2.52 bits per heavy atom. The number of aromatic nitrogens is 3. The molecule has 0 radical (unpaired) electrons. The first-order valence-electron chi connectivity index (χ1n) is 11.8. The topological polar surface area (TPSA) is 63.5 Å². The van der Waals surface area contributed by atoms with Gasteiger partial charge in [0.05, 0.1) is 13.3 Å². The fraction of sp³-hybridized carbons (Fsp3) is 0.423. The molecule has 1 saturated heterocycles. The highest BCUT2D eigenvalue weighted by Crippen LogP contribution is 2.28. The van der Waals surface area contributed by atoms with Crippen LogP contribution in [0.4, 0.5) is 0 Å². The minimum atomic E-state index is 0.119. The quantitative estimate of drug-likeness (QED) is 0.603. The van der Waals surface area contributed by atoms with Crippen LogP contribution in [0.3, 0.4) is 0 Å². The van der Waals surface area contributed by atoms with E-state index in [9.17, 15) is 4.79 Å². The van der Waals surface area contributed by atoms with Gasteiger partial charge in [-0.3, -0.25) is 9.69 Å². The number of methoxy groups -OCH3 is 1. The lowest BCUT2D eigenvalue weighted by molar-refractivity contribution is 0.0701. The van der Waals surface area contributed by atoms with Gasteiger partial charge in [0, 0.05) is 58.0 Å². The molecule has 0 saturated carbocycles. The summed E-state index contributed by atoms with van der Waals surface area (Å²) < 4.78 is 7.29. The molecule has 0 N–H and O–H groups in total. The van der Waals surface area contributed by atoms with E-state index in [1.165, 1.54) is 5.56 Å². The molecule has 2 aliphatic rings. The molecule has 4 heterocycles. The Labute approximate surface area is 195 Å². The van der Waals surface area contributed by atoms with Crippen molar-refractivity contribution in [1.29, 1.82) is 0 Å². The second kappa shape index (κ2) is 9.75. The fourth-order valence-electron chi connectivity index (χ4n) is 4.99. The van der Waals surface area contributed by atoms with E-state index in [2.05, 4.69) is 55.8 Å². The lowest BCUT2D eigenvalue weighted by atomic mass is 9.89. The van der Waals surface area contributed by atoms with Gasteiger partial charge in [0.2, 0.25) is 5.88 Å². The third kappa shape index (κ3) is 4.78. The van der Waals surface area contributed by atoms with Crippen LogP contribution in [-0.4, -0.2) is 63.5 Å². The minimum absolute atomic E-state index is 0.119. The van der Waals surface area contributed by atoms with E-state index >= 15 is 0 Å². The van der Waals surface area contributed by atoms with E-state index in [1.807, 2.05) is 17.2 Å². The van der Waals surface area contributed by atoms with Crippen LogP contribution in [0.1, 0.15) is 46.2 Å². The maximum absolute atomic E-state index is 13.4. The normalized spacial score (nSPS) is 17.4. The van der Waals surface area contributed by atoms with Crippen LogP contribution in [0.25, 0.3) is 0 Å². The molecule has 0 spiro atoms. The summed E-state index contributed by atoms with van der Waals surface area (Å²) in [4.78, 5) is 26.7. The zero-order valence-corrected chi connectivity index (χ0v) is 19.2. The largest absolute Gasteiger partial charge is 0.481 e. The zero-order valence-electron chi connectivity index (χ0n) is 19.2. The Hall–Kier alpha value is -3.19. The molecule has 7 heteroatoms. The van der Waals surface area contributed by atoms with Gasteiger partial charge >= 0.3 is 0 Å². The molecule has 0 aliphatic carbocycles. The molecular weight excluding hydrogens is 414 g/mol. The number of amides is 1. The van der Waals surface area contributed by atoms with E-state index in [0.29, 0.717) is 11.8 Å². The number of piperidine rings is 1. The number of carbonyl (C=O) groups is 1. The molecule has 1 fully saturated rings. The summed E-state index contributed by atoms with van der Waals surface area (Å²) in [7, 11) is 1.63. The summed E-state index contributed by atoms with van der Waals surface area (Å²) >= 11 is 0. The van der Waals surface area contributed by atoms with E-state index in [1.54, 1.807) is 13.3 Å². The molecule has 2 aromatic heterocycles. The van der Waals surface area contributed by atoms with Gasteiger partial charge in [-0.25, -0.2) is 9.97 Å². The van der Waals surface area contributed by atoms with E-state index in [-0.39, 0.29) is 5.91 Å². The number of nitrogens with zero attached hydrogens (tertiary/aromatic N) is 5. The molecule has 3 aromatic rings. The average molecular weight is 446 g/mol. The van der Waals surface area contributed by atoms with Crippen LogP contribution in [0, 0.1) is 0 Å². The van der Waals surface area contributed by atoms with Crippen LogP contribution in [0.5, 0.6) is 5.88 Å². The van der Waals surface area contributed by atoms with Crippen LogP contribution in [0.2, 0.25) is 0 Å². The first-order valence-corrected chi connectivity index (χ1v) is 11.8. The third-order valence-corrected chi connectivity index (χ3v) is 6.91. The Balaban J connectivity index is 1.20. The SMILES string of the molecule is COc1ccc(CN2CCc3ncc(C(=O)N4CCC(c5ccccc5)CC4)n3CC2)cn1. The highest BCUT2D eigenvalue weighted by atomic mass is 16.5. The first kappa shape index (κ1) is 21.6. The highest BCUT2D eigenvalue weighted by Gasteiger charge is 2.28. The van der Waals surface area contributed by atoms with Crippen molar-refractivity contribution < 1.29 is 9.53 Å². The van der Waals surface area contributed by atoms with Gasteiger partial charge in [-0.05, 0) is 29.9 Å². The Morgan fingerprint density at radius 2 is 1.79 bits per heavy atom. The standard InChI is InChI=1S/C26H31N5O2/c1-33-25-8-7-20(17-28-25)19-29-12-11-24-27-18-23(31(24)16-15-29)26(32)30-13-9-22(10-14-30)21-5-3-2-4-6-21/h2-8,17-18,22H,9-16,19H2,1H3. The maximum Gasteiger partial charge on any atom is 0.272 e. The number of carbonyl (C=O) groups excluding carboxylic acids is 1. The van der Waals surface area contributed by atoms with E-state index in [4.69, 9.17) is 4.74 Å². The molecule has 0 bridgehead atoms. The third-order valence-electron chi connectivity index (χ3n) is 6.91. The Kier molecular flexibility index (Phi) is 6.39. The predicted octanol–water partition coefficient (Wildman–Crippen LogP) is 3.36. The highest BCUT2D eigenvalue weighted by molar-refractivity contribution is 5.92. The fourth-order valence-corrected chi connectivity index (χ4v) is 4.99. The van der Waals surface area contributed by atoms with Gasteiger partial charge in [-0.1, -0.05) is 36.4 Å². The number of ether oxygens (including phenoxy) is 1. The Morgan fingerprint density at radius 1 is 0.970 bits per heavy atom. The van der Waals surface area contributed by atoms with Crippen molar-refractivity contribution in [3.63, 3.8) is 0 Å². The molecule has 0 atom stereocenters. The lowest BCUT2D eigenvalue weighted by Gasteiger charge is -2.32. The summed E-state index contributed by atoms with van der Waals surface area (Å²) in [5.41, 5.74) is 3.28. The number of fused-ring (bicyclic) bond motifs is 1. The van der Waals surface area contributed by atoms with Crippen molar-refractivity contribution in [2.75, 3.05) is 33.3 Å². The molecule has 2 aliphatic heterocycles. The smallest absolute Gasteiger partial charge is 0.272 e. The minimum Gasteiger partial charge on any atom is -0.481 e. The summed E-state index contributed by atoms with van der Waals surface area (Å²) in [5.74, 6) is 2.30. The van der Waals surface area contributed by atoms with Crippen LogP contribution < -0.4 is 4.74 Å². The summed E-state index contributed by atoms with van der Waals surface area (Å²) in [6, 6.07) is 14.6. The lowest BCUT2D eigenvalue weighted by Crippen LogP contribution is -2.39.